The maximum Gasteiger partial charge on any atom is 0.138 e. The van der Waals surface area contributed by atoms with Gasteiger partial charge in [0, 0.05) is 10.9 Å². The van der Waals surface area contributed by atoms with Gasteiger partial charge in [-0.1, -0.05) is 71.9 Å². The van der Waals surface area contributed by atoms with Gasteiger partial charge in [-0.15, -0.1) is 0 Å². The van der Waals surface area contributed by atoms with Gasteiger partial charge in [0.15, 0.2) is 0 Å². The molecule has 0 saturated carbocycles. The molecule has 2 aromatic rings. The van der Waals surface area contributed by atoms with Crippen molar-refractivity contribution in [2.75, 3.05) is 0 Å². The van der Waals surface area contributed by atoms with Crippen LogP contribution in [-0.2, 0) is 0 Å². The van der Waals surface area contributed by atoms with E-state index < -0.39 is 0 Å². The summed E-state index contributed by atoms with van der Waals surface area (Å²) < 4.78 is 6.50. The molecule has 29 heavy (non-hydrogen) atoms. The van der Waals surface area contributed by atoms with Crippen LogP contribution in [0.3, 0.4) is 0 Å². The highest BCUT2D eigenvalue weighted by Gasteiger charge is 2.31. The summed E-state index contributed by atoms with van der Waals surface area (Å²) in [5, 5.41) is 1.29. The number of hydrogen-bond acceptors (Lipinski definition) is 1. The van der Waals surface area contributed by atoms with Gasteiger partial charge in [0.2, 0.25) is 0 Å². The predicted octanol–water partition coefficient (Wildman–Crippen LogP) is 8.89. The molecule has 1 aromatic carbocycles. The van der Waals surface area contributed by atoms with E-state index in [0.717, 1.165) is 36.0 Å². The summed E-state index contributed by atoms with van der Waals surface area (Å²) in [5.74, 6) is 2.69. The Kier molecular flexibility index (Phi) is 5.30. The first-order valence-corrected chi connectivity index (χ1v) is 11.5. The van der Waals surface area contributed by atoms with Crippen molar-refractivity contribution in [3.63, 3.8) is 0 Å². The predicted molar refractivity (Wildman–Crippen MR) is 126 cm³/mol. The van der Waals surface area contributed by atoms with Crippen molar-refractivity contribution in [3.8, 4) is 0 Å². The molecule has 1 heteroatoms. The Morgan fingerprint density at radius 1 is 0.759 bits per heavy atom. The summed E-state index contributed by atoms with van der Waals surface area (Å²) in [6.07, 6.45) is 12.2. The summed E-state index contributed by atoms with van der Waals surface area (Å²) in [4.78, 5) is 0. The van der Waals surface area contributed by atoms with Gasteiger partial charge in [-0.2, -0.15) is 0 Å². The number of benzene rings is 1. The fourth-order valence-electron chi connectivity index (χ4n) is 5.27. The van der Waals surface area contributed by atoms with Crippen LogP contribution < -0.4 is 0 Å². The minimum absolute atomic E-state index is 0.382. The largest absolute Gasteiger partial charge is 0.456 e. The fraction of sp³-hybridized carbons (Fsp3) is 0.571. The molecule has 1 heterocycles. The standard InChI is InChI=1S/C28H38O/c1-27(2,3)21-15-11-19(12-16-21)25-23-9-7-8-10-24(23)29-26(25)20-13-17-22(18-14-20)28(4,5)6/h7-11,13,21-22H,12,14-18H2,1-6H3. The first kappa shape index (κ1) is 20.5. The van der Waals surface area contributed by atoms with Gasteiger partial charge >= 0.3 is 0 Å². The average Bonchev–Trinajstić information content (AvgIpc) is 3.06. The molecule has 2 unspecified atom stereocenters. The molecule has 1 nitrogen and oxygen atoms in total. The molecule has 0 saturated heterocycles. The van der Waals surface area contributed by atoms with Crippen molar-refractivity contribution >= 4 is 22.1 Å². The third kappa shape index (κ3) is 4.11. The van der Waals surface area contributed by atoms with E-state index in [-0.39, 0.29) is 0 Å². The Labute approximate surface area is 177 Å². The zero-order valence-corrected chi connectivity index (χ0v) is 19.3. The number of para-hydroxylation sites is 1. The lowest BCUT2D eigenvalue weighted by Crippen LogP contribution is -2.22. The zero-order valence-electron chi connectivity index (χ0n) is 19.3. The van der Waals surface area contributed by atoms with Gasteiger partial charge in [-0.25, -0.2) is 0 Å². The lowest BCUT2D eigenvalue weighted by molar-refractivity contribution is 0.224. The fourth-order valence-corrected chi connectivity index (χ4v) is 5.27. The van der Waals surface area contributed by atoms with Gasteiger partial charge in [0.1, 0.15) is 11.3 Å². The number of rotatable bonds is 2. The first-order chi connectivity index (χ1) is 13.6. The van der Waals surface area contributed by atoms with Gasteiger partial charge in [0.25, 0.3) is 0 Å². The summed E-state index contributed by atoms with van der Waals surface area (Å²) in [7, 11) is 0. The van der Waals surface area contributed by atoms with Crippen LogP contribution in [0.25, 0.3) is 22.1 Å². The molecule has 0 bridgehead atoms. The van der Waals surface area contributed by atoms with E-state index in [0.29, 0.717) is 10.8 Å². The summed E-state index contributed by atoms with van der Waals surface area (Å²) in [6, 6.07) is 8.62. The molecule has 2 aliphatic rings. The highest BCUT2D eigenvalue weighted by molar-refractivity contribution is 5.96. The molecule has 156 valence electrons. The number of fused-ring (bicyclic) bond motifs is 1. The van der Waals surface area contributed by atoms with Gasteiger partial charge < -0.3 is 4.42 Å². The Morgan fingerprint density at radius 3 is 1.83 bits per heavy atom. The van der Waals surface area contributed by atoms with Crippen LogP contribution in [0, 0.1) is 22.7 Å². The van der Waals surface area contributed by atoms with E-state index in [1.807, 2.05) is 0 Å². The summed E-state index contributed by atoms with van der Waals surface area (Å²) >= 11 is 0. The second kappa shape index (κ2) is 7.49. The van der Waals surface area contributed by atoms with Crippen LogP contribution in [0.2, 0.25) is 0 Å². The normalized spacial score (nSPS) is 23.8. The molecule has 0 amide bonds. The van der Waals surface area contributed by atoms with Crippen LogP contribution in [0.1, 0.15) is 91.4 Å². The van der Waals surface area contributed by atoms with Crippen molar-refractivity contribution in [1.82, 2.24) is 0 Å². The Hall–Kier alpha value is -1.76. The second-order valence-corrected chi connectivity index (χ2v) is 11.4. The third-order valence-electron chi connectivity index (χ3n) is 7.48. The first-order valence-electron chi connectivity index (χ1n) is 11.5. The lowest BCUT2D eigenvalue weighted by Gasteiger charge is -2.34. The topological polar surface area (TPSA) is 13.1 Å². The Balaban J connectivity index is 1.72. The molecule has 1 aromatic heterocycles. The molecule has 0 fully saturated rings. The summed E-state index contributed by atoms with van der Waals surface area (Å²) in [5.41, 5.74) is 6.12. The average molecular weight is 391 g/mol. The molecule has 0 spiro atoms. The molecule has 4 rings (SSSR count). The SMILES string of the molecule is CC(C)(C)C1CC=C(c2oc3ccccc3c2C2=CCC(C(C)(C)C)CC2)CC1. The van der Waals surface area contributed by atoms with E-state index in [9.17, 15) is 0 Å². The second-order valence-electron chi connectivity index (χ2n) is 11.4. The number of furan rings is 1. The number of hydrogen-bond donors (Lipinski definition) is 0. The molecule has 2 atom stereocenters. The Morgan fingerprint density at radius 2 is 1.31 bits per heavy atom. The Bertz CT molecular complexity index is 939. The molecule has 0 radical (unpaired) electrons. The van der Waals surface area contributed by atoms with Crippen LogP contribution in [0.4, 0.5) is 0 Å². The van der Waals surface area contributed by atoms with Crippen molar-refractivity contribution < 1.29 is 4.42 Å². The molecule has 0 N–H and O–H groups in total. The van der Waals surface area contributed by atoms with Crippen molar-refractivity contribution in [3.05, 3.63) is 47.7 Å². The molecule has 2 aliphatic carbocycles. The van der Waals surface area contributed by atoms with Crippen LogP contribution in [0.15, 0.2) is 40.8 Å². The van der Waals surface area contributed by atoms with Crippen molar-refractivity contribution in [1.29, 1.82) is 0 Å². The lowest BCUT2D eigenvalue weighted by atomic mass is 9.71. The maximum absolute atomic E-state index is 6.50. The van der Waals surface area contributed by atoms with Crippen LogP contribution in [-0.4, -0.2) is 0 Å². The van der Waals surface area contributed by atoms with E-state index >= 15 is 0 Å². The monoisotopic (exact) mass is 390 g/mol. The van der Waals surface area contributed by atoms with Crippen LogP contribution >= 0.6 is 0 Å². The van der Waals surface area contributed by atoms with E-state index in [1.54, 1.807) is 0 Å². The van der Waals surface area contributed by atoms with Crippen molar-refractivity contribution in [2.45, 2.75) is 80.1 Å². The summed E-state index contributed by atoms with van der Waals surface area (Å²) in [6.45, 7) is 14.3. The van der Waals surface area contributed by atoms with E-state index in [4.69, 9.17) is 4.42 Å². The zero-order chi connectivity index (χ0) is 20.8. The number of allylic oxidation sites excluding steroid dienone is 4. The minimum atomic E-state index is 0.382. The quantitative estimate of drug-likeness (QED) is 0.499. The molecular weight excluding hydrogens is 352 g/mol. The van der Waals surface area contributed by atoms with Gasteiger partial charge in [-0.05, 0) is 78.4 Å². The molecule has 0 aliphatic heterocycles. The van der Waals surface area contributed by atoms with Gasteiger partial charge in [-0.3, -0.25) is 0 Å². The molecular formula is C28H38O. The highest BCUT2D eigenvalue weighted by Crippen LogP contribution is 2.46. The highest BCUT2D eigenvalue weighted by atomic mass is 16.3. The third-order valence-corrected chi connectivity index (χ3v) is 7.48. The minimum Gasteiger partial charge on any atom is -0.456 e. The van der Waals surface area contributed by atoms with Gasteiger partial charge in [0.05, 0.1) is 0 Å². The van der Waals surface area contributed by atoms with Crippen LogP contribution in [0.5, 0.6) is 0 Å². The van der Waals surface area contributed by atoms with E-state index in [2.05, 4.69) is 78.0 Å². The van der Waals surface area contributed by atoms with Crippen molar-refractivity contribution in [2.24, 2.45) is 22.7 Å². The van der Waals surface area contributed by atoms with E-state index in [1.165, 1.54) is 47.8 Å². The smallest absolute Gasteiger partial charge is 0.138 e. The maximum atomic E-state index is 6.50.